The van der Waals surface area contributed by atoms with Crippen molar-refractivity contribution in [1.29, 1.82) is 0 Å². The number of benzene rings is 2. The van der Waals surface area contributed by atoms with E-state index >= 15 is 0 Å². The van der Waals surface area contributed by atoms with Crippen LogP contribution >= 0.6 is 0 Å². The molecule has 0 saturated heterocycles. The van der Waals surface area contributed by atoms with Crippen molar-refractivity contribution in [1.82, 2.24) is 29.6 Å². The quantitative estimate of drug-likeness (QED) is 0.444. The Morgan fingerprint density at radius 2 is 1.88 bits per heavy atom. The first-order valence-corrected chi connectivity index (χ1v) is 11.8. The van der Waals surface area contributed by atoms with E-state index < -0.39 is 0 Å². The molecule has 172 valence electrons. The Morgan fingerprint density at radius 1 is 1.09 bits per heavy atom. The minimum absolute atomic E-state index is 0.0123. The van der Waals surface area contributed by atoms with Crippen LogP contribution in [0, 0.1) is 13.8 Å². The van der Waals surface area contributed by atoms with Crippen molar-refractivity contribution in [2.45, 2.75) is 52.6 Å². The molecule has 0 radical (unpaired) electrons. The summed E-state index contributed by atoms with van der Waals surface area (Å²) in [6.45, 7) is 7.38. The zero-order valence-electron chi connectivity index (χ0n) is 19.6. The fourth-order valence-electron chi connectivity index (χ4n) is 4.60. The van der Waals surface area contributed by atoms with Gasteiger partial charge in [-0.1, -0.05) is 0 Å². The summed E-state index contributed by atoms with van der Waals surface area (Å²) in [5, 5.41) is 11.0. The first kappa shape index (κ1) is 20.7. The lowest BCUT2D eigenvalue weighted by molar-refractivity contribution is 0.0966. The van der Waals surface area contributed by atoms with Crippen molar-refractivity contribution in [2.75, 3.05) is 5.32 Å². The van der Waals surface area contributed by atoms with Crippen molar-refractivity contribution in [3.8, 4) is 17.1 Å². The summed E-state index contributed by atoms with van der Waals surface area (Å²) in [4.78, 5) is 21.5. The van der Waals surface area contributed by atoms with E-state index in [1.807, 2.05) is 30.7 Å². The molecule has 8 heteroatoms. The molecule has 1 saturated carbocycles. The van der Waals surface area contributed by atoms with Crippen LogP contribution in [-0.2, 0) is 13.1 Å². The first-order valence-electron chi connectivity index (χ1n) is 11.8. The number of aromatic nitrogens is 5. The van der Waals surface area contributed by atoms with Gasteiger partial charge in [-0.2, -0.15) is 4.98 Å². The summed E-state index contributed by atoms with van der Waals surface area (Å²) in [5.41, 5.74) is 7.01. The van der Waals surface area contributed by atoms with Gasteiger partial charge in [0, 0.05) is 47.7 Å². The van der Waals surface area contributed by atoms with Crippen LogP contribution in [0.2, 0.25) is 0 Å². The summed E-state index contributed by atoms with van der Waals surface area (Å²) < 4.78 is 4.01. The number of hydrogen-bond donors (Lipinski definition) is 2. The zero-order chi connectivity index (χ0) is 23.4. The Balaban J connectivity index is 1.27. The number of imidazole rings is 1. The third kappa shape index (κ3) is 3.46. The maximum absolute atomic E-state index is 12.0. The SMILES string of the molecule is CCn1nc(-c2ccc(-n3cc(C4CC4)nc3C)cc2)nc1Nc1ccc2c(c1C)CNC2=O. The third-order valence-corrected chi connectivity index (χ3v) is 6.79. The monoisotopic (exact) mass is 453 g/mol. The zero-order valence-corrected chi connectivity index (χ0v) is 19.6. The predicted molar refractivity (Wildman–Crippen MR) is 131 cm³/mol. The summed E-state index contributed by atoms with van der Waals surface area (Å²) in [6.07, 6.45) is 4.66. The van der Waals surface area contributed by atoms with Gasteiger partial charge in [-0.15, -0.1) is 5.10 Å². The number of fused-ring (bicyclic) bond motifs is 1. The van der Waals surface area contributed by atoms with E-state index in [9.17, 15) is 4.79 Å². The normalized spacial score (nSPS) is 14.9. The molecule has 1 aliphatic carbocycles. The maximum atomic E-state index is 12.0. The predicted octanol–water partition coefficient (Wildman–Crippen LogP) is 4.63. The van der Waals surface area contributed by atoms with Gasteiger partial charge in [0.2, 0.25) is 5.95 Å². The first-order chi connectivity index (χ1) is 16.5. The van der Waals surface area contributed by atoms with E-state index in [1.54, 1.807) is 0 Å². The molecule has 1 aliphatic heterocycles. The highest BCUT2D eigenvalue weighted by Crippen LogP contribution is 2.39. The van der Waals surface area contributed by atoms with E-state index in [4.69, 9.17) is 15.1 Å². The van der Waals surface area contributed by atoms with E-state index in [-0.39, 0.29) is 5.91 Å². The number of anilines is 2. The average Bonchev–Trinajstić information content (AvgIpc) is 3.34. The lowest BCUT2D eigenvalue weighted by Gasteiger charge is -2.11. The Bertz CT molecular complexity index is 1410. The minimum Gasteiger partial charge on any atom is -0.348 e. The van der Waals surface area contributed by atoms with Crippen molar-refractivity contribution in [3.63, 3.8) is 0 Å². The van der Waals surface area contributed by atoms with E-state index in [0.29, 0.717) is 30.8 Å². The van der Waals surface area contributed by atoms with Crippen molar-refractivity contribution >= 4 is 17.5 Å². The fourth-order valence-corrected chi connectivity index (χ4v) is 4.60. The smallest absolute Gasteiger partial charge is 0.251 e. The van der Waals surface area contributed by atoms with Gasteiger partial charge in [-0.25, -0.2) is 9.67 Å². The van der Waals surface area contributed by atoms with Crippen molar-refractivity contribution < 1.29 is 4.79 Å². The van der Waals surface area contributed by atoms with Crippen LogP contribution in [0.5, 0.6) is 0 Å². The van der Waals surface area contributed by atoms with Crippen molar-refractivity contribution in [2.24, 2.45) is 0 Å². The Labute approximate surface area is 198 Å². The molecule has 6 rings (SSSR count). The second-order valence-electron chi connectivity index (χ2n) is 9.05. The van der Waals surface area contributed by atoms with Gasteiger partial charge < -0.3 is 15.2 Å². The molecule has 0 spiro atoms. The molecule has 34 heavy (non-hydrogen) atoms. The number of carbonyl (C=O) groups excluding carboxylic acids is 1. The van der Waals surface area contributed by atoms with Gasteiger partial charge in [-0.3, -0.25) is 4.79 Å². The lowest BCUT2D eigenvalue weighted by Crippen LogP contribution is -2.12. The molecule has 2 aromatic heterocycles. The van der Waals surface area contributed by atoms with E-state index in [2.05, 4.69) is 52.6 Å². The van der Waals surface area contributed by atoms with Crippen LogP contribution in [0.1, 0.15) is 58.7 Å². The van der Waals surface area contributed by atoms with Gasteiger partial charge in [0.05, 0.1) is 5.69 Å². The summed E-state index contributed by atoms with van der Waals surface area (Å²) in [7, 11) is 0. The third-order valence-electron chi connectivity index (χ3n) is 6.79. The van der Waals surface area contributed by atoms with Crippen LogP contribution in [0.15, 0.2) is 42.6 Å². The van der Waals surface area contributed by atoms with Crippen LogP contribution in [-0.4, -0.2) is 30.2 Å². The van der Waals surface area contributed by atoms with Gasteiger partial charge in [0.15, 0.2) is 5.82 Å². The van der Waals surface area contributed by atoms with Crippen LogP contribution in [0.25, 0.3) is 17.1 Å². The molecule has 0 unspecified atom stereocenters. The number of amides is 1. The number of hydrogen-bond acceptors (Lipinski definition) is 5. The second-order valence-corrected chi connectivity index (χ2v) is 9.05. The largest absolute Gasteiger partial charge is 0.348 e. The molecule has 1 fully saturated rings. The molecule has 2 aliphatic rings. The summed E-state index contributed by atoms with van der Waals surface area (Å²) >= 11 is 0. The molecule has 4 aromatic rings. The molecule has 8 nitrogen and oxygen atoms in total. The summed E-state index contributed by atoms with van der Waals surface area (Å²) in [6, 6.07) is 12.1. The molecular weight excluding hydrogens is 426 g/mol. The van der Waals surface area contributed by atoms with Crippen molar-refractivity contribution in [3.05, 3.63) is 70.8 Å². The van der Waals surface area contributed by atoms with Gasteiger partial charge in [-0.05, 0) is 81.1 Å². The molecule has 0 bridgehead atoms. The lowest BCUT2D eigenvalue weighted by atomic mass is 10.0. The molecule has 0 atom stereocenters. The molecular formula is C26H27N7O. The van der Waals surface area contributed by atoms with Crippen LogP contribution < -0.4 is 10.6 Å². The second kappa shape index (κ2) is 7.83. The highest BCUT2D eigenvalue weighted by molar-refractivity contribution is 5.99. The number of nitrogens with one attached hydrogen (secondary N) is 2. The molecule has 2 N–H and O–H groups in total. The standard InChI is InChI=1S/C26H27N7O/c1-4-33-26(29-22-12-11-20-21(15(22)2)13-27-25(20)34)30-24(31-33)18-7-9-19(10-8-18)32-14-23(17-5-6-17)28-16(32)3/h7-12,14,17H,4-6,13H2,1-3H3,(H,27,34)(H,29,30,31). The molecule has 1 amide bonds. The topological polar surface area (TPSA) is 89.7 Å². The van der Waals surface area contributed by atoms with Gasteiger partial charge >= 0.3 is 0 Å². The van der Waals surface area contributed by atoms with E-state index in [1.165, 1.54) is 18.5 Å². The van der Waals surface area contributed by atoms with Gasteiger partial charge in [0.25, 0.3) is 5.91 Å². The Hall–Kier alpha value is -3.94. The van der Waals surface area contributed by atoms with Gasteiger partial charge in [0.1, 0.15) is 5.82 Å². The number of rotatable bonds is 6. The highest BCUT2D eigenvalue weighted by atomic mass is 16.1. The van der Waals surface area contributed by atoms with Crippen LogP contribution in [0.3, 0.4) is 0 Å². The molecule has 2 aromatic carbocycles. The summed E-state index contributed by atoms with van der Waals surface area (Å²) in [5.74, 6) is 2.99. The Morgan fingerprint density at radius 3 is 2.62 bits per heavy atom. The van der Waals surface area contributed by atoms with E-state index in [0.717, 1.165) is 39.5 Å². The fraction of sp³-hybridized carbons (Fsp3) is 0.308. The molecule has 3 heterocycles. The maximum Gasteiger partial charge on any atom is 0.251 e. The number of aryl methyl sites for hydroxylation is 2. The number of carbonyl (C=O) groups is 1. The van der Waals surface area contributed by atoms with Crippen LogP contribution in [0.4, 0.5) is 11.6 Å². The average molecular weight is 454 g/mol. The Kier molecular flexibility index (Phi) is 4.76. The highest BCUT2D eigenvalue weighted by Gasteiger charge is 2.27. The number of nitrogens with zero attached hydrogens (tertiary/aromatic N) is 5. The minimum atomic E-state index is -0.0123.